The fourth-order valence-corrected chi connectivity index (χ4v) is 3.27. The number of halogens is 2. The number of aromatic nitrogens is 1. The summed E-state index contributed by atoms with van der Waals surface area (Å²) in [6, 6.07) is 19.5. The molecule has 3 nitrogen and oxygen atoms in total. The molecule has 0 aliphatic heterocycles. The number of anilines is 1. The highest BCUT2D eigenvalue weighted by atomic mass is 35.5. The Morgan fingerprint density at radius 2 is 1.72 bits per heavy atom. The maximum atomic E-state index is 6.29. The van der Waals surface area contributed by atoms with Crippen molar-refractivity contribution < 1.29 is 4.42 Å². The lowest BCUT2D eigenvalue weighted by molar-refractivity contribution is 0.616. The quantitative estimate of drug-likeness (QED) is 0.452. The smallest absolute Gasteiger partial charge is 0.228 e. The van der Waals surface area contributed by atoms with E-state index in [0.29, 0.717) is 27.2 Å². The van der Waals surface area contributed by atoms with Gasteiger partial charge in [0.2, 0.25) is 5.89 Å². The van der Waals surface area contributed by atoms with Crippen LogP contribution in [0.25, 0.3) is 22.6 Å². The summed E-state index contributed by atoms with van der Waals surface area (Å²) in [6.07, 6.45) is 0.767. The van der Waals surface area contributed by atoms with Gasteiger partial charge in [-0.2, -0.15) is 0 Å². The molecule has 0 atom stereocenters. The fraction of sp³-hybridized carbons (Fsp3) is 0.0500. The van der Waals surface area contributed by atoms with Gasteiger partial charge in [-0.05, 0) is 23.8 Å². The summed E-state index contributed by atoms with van der Waals surface area (Å²) >= 11 is 12.3. The Labute approximate surface area is 155 Å². The lowest BCUT2D eigenvalue weighted by atomic mass is 10.0. The van der Waals surface area contributed by atoms with Gasteiger partial charge < -0.3 is 10.2 Å². The third-order valence-corrected chi connectivity index (χ3v) is 4.69. The van der Waals surface area contributed by atoms with E-state index in [-0.39, 0.29) is 0 Å². The molecule has 0 saturated heterocycles. The van der Waals surface area contributed by atoms with Crippen molar-refractivity contribution in [3.63, 3.8) is 0 Å². The summed E-state index contributed by atoms with van der Waals surface area (Å²) in [6.45, 7) is 0. The SMILES string of the molecule is Nc1cc(-c2nc3cccc(Cc4ccccc4)c3o2)c(Cl)cc1Cl. The summed E-state index contributed by atoms with van der Waals surface area (Å²) in [5.41, 5.74) is 10.8. The summed E-state index contributed by atoms with van der Waals surface area (Å²) in [5.74, 6) is 0.434. The molecule has 3 aromatic carbocycles. The summed E-state index contributed by atoms with van der Waals surface area (Å²) < 4.78 is 6.04. The standard InChI is InChI=1S/C20H14Cl2N2O/c21-15-11-16(22)17(23)10-14(15)20-24-18-8-4-7-13(19(18)25-20)9-12-5-2-1-3-6-12/h1-8,10-11H,9,23H2. The van der Waals surface area contributed by atoms with E-state index in [2.05, 4.69) is 17.1 Å². The number of fused-ring (bicyclic) bond motifs is 1. The Balaban J connectivity index is 1.81. The highest BCUT2D eigenvalue weighted by Gasteiger charge is 2.16. The van der Waals surface area contributed by atoms with E-state index in [1.54, 1.807) is 12.1 Å². The second kappa shape index (κ2) is 6.43. The molecular weight excluding hydrogens is 355 g/mol. The minimum absolute atomic E-state index is 0.412. The van der Waals surface area contributed by atoms with Gasteiger partial charge in [-0.15, -0.1) is 0 Å². The van der Waals surface area contributed by atoms with E-state index < -0.39 is 0 Å². The zero-order valence-electron chi connectivity index (χ0n) is 13.2. The van der Waals surface area contributed by atoms with E-state index in [1.807, 2.05) is 36.4 Å². The molecule has 124 valence electrons. The number of hydrogen-bond donors (Lipinski definition) is 1. The van der Waals surface area contributed by atoms with Crippen LogP contribution < -0.4 is 5.73 Å². The van der Waals surface area contributed by atoms with Gasteiger partial charge in [0.15, 0.2) is 5.58 Å². The minimum Gasteiger partial charge on any atom is -0.436 e. The van der Waals surface area contributed by atoms with Crippen LogP contribution in [0.5, 0.6) is 0 Å². The monoisotopic (exact) mass is 368 g/mol. The number of para-hydroxylation sites is 1. The van der Waals surface area contributed by atoms with Crippen LogP contribution in [0.1, 0.15) is 11.1 Å². The summed E-state index contributed by atoms with van der Waals surface area (Å²) in [5, 5.41) is 0.866. The van der Waals surface area contributed by atoms with Crippen molar-refractivity contribution in [2.75, 3.05) is 5.73 Å². The van der Waals surface area contributed by atoms with E-state index in [0.717, 1.165) is 23.1 Å². The highest BCUT2D eigenvalue weighted by molar-refractivity contribution is 6.37. The van der Waals surface area contributed by atoms with Gasteiger partial charge in [0.25, 0.3) is 0 Å². The first kappa shape index (κ1) is 16.0. The molecule has 2 N–H and O–H groups in total. The Morgan fingerprint density at radius 3 is 2.52 bits per heavy atom. The number of nitrogens with zero attached hydrogens (tertiary/aromatic N) is 1. The van der Waals surface area contributed by atoms with Gasteiger partial charge in [-0.1, -0.05) is 65.7 Å². The molecule has 4 aromatic rings. The first-order valence-corrected chi connectivity index (χ1v) is 8.54. The average Bonchev–Trinajstić information content (AvgIpc) is 3.04. The molecule has 0 saturated carbocycles. The minimum atomic E-state index is 0.412. The summed E-state index contributed by atoms with van der Waals surface area (Å²) in [7, 11) is 0. The lowest BCUT2D eigenvalue weighted by Gasteiger charge is -2.04. The Bertz CT molecular complexity index is 1060. The maximum absolute atomic E-state index is 6.29. The molecule has 0 unspecified atom stereocenters. The highest BCUT2D eigenvalue weighted by Crippen LogP contribution is 2.36. The Kier molecular flexibility index (Phi) is 4.12. The van der Waals surface area contributed by atoms with Crippen molar-refractivity contribution in [3.05, 3.63) is 81.8 Å². The molecule has 4 rings (SSSR count). The lowest BCUT2D eigenvalue weighted by Crippen LogP contribution is -1.88. The van der Waals surface area contributed by atoms with Gasteiger partial charge in [-0.25, -0.2) is 4.98 Å². The maximum Gasteiger partial charge on any atom is 0.228 e. The van der Waals surface area contributed by atoms with Gasteiger partial charge in [0.05, 0.1) is 21.3 Å². The number of hydrogen-bond acceptors (Lipinski definition) is 3. The molecule has 0 aliphatic carbocycles. The zero-order chi connectivity index (χ0) is 17.4. The fourth-order valence-electron chi connectivity index (χ4n) is 2.81. The second-order valence-corrected chi connectivity index (χ2v) is 6.61. The van der Waals surface area contributed by atoms with Crippen LogP contribution in [0.3, 0.4) is 0 Å². The van der Waals surface area contributed by atoms with Crippen LogP contribution >= 0.6 is 23.2 Å². The zero-order valence-corrected chi connectivity index (χ0v) is 14.7. The number of nitrogen functional groups attached to an aromatic ring is 1. The molecule has 0 fully saturated rings. The number of nitrogens with two attached hydrogens (primary N) is 1. The number of rotatable bonds is 3. The van der Waals surface area contributed by atoms with E-state index in [4.69, 9.17) is 33.4 Å². The third-order valence-electron chi connectivity index (χ3n) is 4.05. The van der Waals surface area contributed by atoms with Crippen LogP contribution in [0.2, 0.25) is 10.0 Å². The van der Waals surface area contributed by atoms with Gasteiger partial charge in [-0.3, -0.25) is 0 Å². The van der Waals surface area contributed by atoms with Crippen LogP contribution in [-0.2, 0) is 6.42 Å². The molecule has 0 spiro atoms. The van der Waals surface area contributed by atoms with Crippen molar-refractivity contribution in [1.29, 1.82) is 0 Å². The predicted octanol–water partition coefficient (Wildman–Crippen LogP) is 5.97. The van der Waals surface area contributed by atoms with Crippen LogP contribution in [0.4, 0.5) is 5.69 Å². The first-order valence-electron chi connectivity index (χ1n) is 7.79. The van der Waals surface area contributed by atoms with Crippen LogP contribution in [0, 0.1) is 0 Å². The molecular formula is C20H14Cl2N2O. The van der Waals surface area contributed by atoms with E-state index in [9.17, 15) is 0 Å². The van der Waals surface area contributed by atoms with Crippen molar-refractivity contribution in [2.24, 2.45) is 0 Å². The molecule has 0 radical (unpaired) electrons. The van der Waals surface area contributed by atoms with Crippen molar-refractivity contribution in [1.82, 2.24) is 4.98 Å². The van der Waals surface area contributed by atoms with Gasteiger partial charge in [0.1, 0.15) is 5.52 Å². The molecule has 5 heteroatoms. The molecule has 1 heterocycles. The number of oxazole rings is 1. The molecule has 0 bridgehead atoms. The summed E-state index contributed by atoms with van der Waals surface area (Å²) in [4.78, 5) is 4.57. The topological polar surface area (TPSA) is 52.0 Å². The average molecular weight is 369 g/mol. The first-order chi connectivity index (χ1) is 12.1. The largest absolute Gasteiger partial charge is 0.436 e. The van der Waals surface area contributed by atoms with Crippen molar-refractivity contribution in [3.8, 4) is 11.5 Å². The van der Waals surface area contributed by atoms with Crippen molar-refractivity contribution in [2.45, 2.75) is 6.42 Å². The van der Waals surface area contributed by atoms with Gasteiger partial charge >= 0.3 is 0 Å². The van der Waals surface area contributed by atoms with E-state index >= 15 is 0 Å². The van der Waals surface area contributed by atoms with Gasteiger partial charge in [0, 0.05) is 12.0 Å². The Morgan fingerprint density at radius 1 is 0.920 bits per heavy atom. The Hall–Kier alpha value is -2.49. The third kappa shape index (κ3) is 3.09. The number of benzene rings is 3. The van der Waals surface area contributed by atoms with Crippen LogP contribution in [-0.4, -0.2) is 4.98 Å². The molecule has 0 amide bonds. The van der Waals surface area contributed by atoms with Crippen LogP contribution in [0.15, 0.2) is 65.1 Å². The predicted molar refractivity (Wildman–Crippen MR) is 103 cm³/mol. The molecule has 25 heavy (non-hydrogen) atoms. The normalized spacial score (nSPS) is 11.1. The molecule has 1 aromatic heterocycles. The second-order valence-electron chi connectivity index (χ2n) is 5.80. The van der Waals surface area contributed by atoms with E-state index in [1.165, 1.54) is 5.56 Å². The molecule has 0 aliphatic rings. The van der Waals surface area contributed by atoms with Crippen molar-refractivity contribution >= 4 is 40.0 Å².